The van der Waals surface area contributed by atoms with Crippen LogP contribution in [0.15, 0.2) is 45.2 Å². The van der Waals surface area contributed by atoms with Crippen LogP contribution in [-0.2, 0) is 6.61 Å². The molecular formula is C19H18ClN3O3. The van der Waals surface area contributed by atoms with E-state index in [4.69, 9.17) is 25.2 Å². The van der Waals surface area contributed by atoms with E-state index in [2.05, 4.69) is 10.3 Å². The Labute approximate surface area is 156 Å². The third-order valence-corrected chi connectivity index (χ3v) is 4.04. The normalized spacial score (nSPS) is 11.8. The SMILES string of the molecule is CC[C@@H](C)Nc1oc(-c2ccc(COc3ccc(Cl)cc3)o2)nc1C#N. The summed E-state index contributed by atoms with van der Waals surface area (Å²) in [6.07, 6.45) is 0.897. The van der Waals surface area contributed by atoms with Crippen LogP contribution in [0, 0.1) is 11.3 Å². The molecule has 2 aromatic heterocycles. The van der Waals surface area contributed by atoms with Gasteiger partial charge in [0.2, 0.25) is 11.6 Å². The van der Waals surface area contributed by atoms with Crippen molar-refractivity contribution in [1.82, 2.24) is 4.98 Å². The van der Waals surface area contributed by atoms with E-state index in [9.17, 15) is 5.26 Å². The molecule has 0 bridgehead atoms. The van der Waals surface area contributed by atoms with Gasteiger partial charge in [-0.25, -0.2) is 0 Å². The van der Waals surface area contributed by atoms with Crippen LogP contribution in [0.5, 0.6) is 5.75 Å². The molecule has 6 nitrogen and oxygen atoms in total. The number of ether oxygens (including phenoxy) is 1. The number of hydrogen-bond donors (Lipinski definition) is 1. The van der Waals surface area contributed by atoms with Crippen molar-refractivity contribution in [2.24, 2.45) is 0 Å². The minimum Gasteiger partial charge on any atom is -0.486 e. The number of rotatable bonds is 7. The summed E-state index contributed by atoms with van der Waals surface area (Å²) >= 11 is 5.85. The summed E-state index contributed by atoms with van der Waals surface area (Å²) in [6.45, 7) is 4.30. The van der Waals surface area contributed by atoms with Crippen LogP contribution >= 0.6 is 11.6 Å². The molecule has 0 fully saturated rings. The van der Waals surface area contributed by atoms with E-state index < -0.39 is 0 Å². The van der Waals surface area contributed by atoms with Crippen molar-refractivity contribution in [2.45, 2.75) is 32.9 Å². The highest BCUT2D eigenvalue weighted by Crippen LogP contribution is 2.28. The molecule has 134 valence electrons. The lowest BCUT2D eigenvalue weighted by atomic mass is 10.2. The molecule has 0 saturated carbocycles. The quantitative estimate of drug-likeness (QED) is 0.610. The molecule has 26 heavy (non-hydrogen) atoms. The average molecular weight is 372 g/mol. The summed E-state index contributed by atoms with van der Waals surface area (Å²) in [6, 6.07) is 12.8. The van der Waals surface area contributed by atoms with Crippen LogP contribution in [0.2, 0.25) is 5.02 Å². The third-order valence-electron chi connectivity index (χ3n) is 3.79. The van der Waals surface area contributed by atoms with E-state index >= 15 is 0 Å². The van der Waals surface area contributed by atoms with Crippen molar-refractivity contribution in [3.05, 3.63) is 52.9 Å². The molecule has 2 heterocycles. The molecule has 0 saturated heterocycles. The van der Waals surface area contributed by atoms with Crippen molar-refractivity contribution < 1.29 is 13.6 Å². The summed E-state index contributed by atoms with van der Waals surface area (Å²) in [4.78, 5) is 4.19. The molecule has 0 unspecified atom stereocenters. The highest BCUT2D eigenvalue weighted by atomic mass is 35.5. The Morgan fingerprint density at radius 3 is 2.69 bits per heavy atom. The molecule has 0 radical (unpaired) electrons. The summed E-state index contributed by atoms with van der Waals surface area (Å²) in [5, 5.41) is 13.0. The second kappa shape index (κ2) is 7.98. The van der Waals surface area contributed by atoms with Gasteiger partial charge in [-0.1, -0.05) is 18.5 Å². The first-order chi connectivity index (χ1) is 12.6. The van der Waals surface area contributed by atoms with E-state index in [-0.39, 0.29) is 24.2 Å². The predicted octanol–water partition coefficient (Wildman–Crippen LogP) is 5.25. The van der Waals surface area contributed by atoms with Gasteiger partial charge in [0.15, 0.2) is 5.76 Å². The Bertz CT molecular complexity index is 909. The number of anilines is 1. The molecule has 0 aliphatic rings. The van der Waals surface area contributed by atoms with Gasteiger partial charge in [0.05, 0.1) is 0 Å². The lowest BCUT2D eigenvalue weighted by Crippen LogP contribution is -2.13. The number of furan rings is 1. The fourth-order valence-corrected chi connectivity index (χ4v) is 2.31. The van der Waals surface area contributed by atoms with Crippen LogP contribution in [-0.4, -0.2) is 11.0 Å². The summed E-state index contributed by atoms with van der Waals surface area (Å²) in [7, 11) is 0. The van der Waals surface area contributed by atoms with Crippen LogP contribution in [0.3, 0.4) is 0 Å². The summed E-state index contributed by atoms with van der Waals surface area (Å²) in [5.74, 6) is 2.35. The summed E-state index contributed by atoms with van der Waals surface area (Å²) < 4.78 is 17.0. The molecule has 0 aliphatic heterocycles. The van der Waals surface area contributed by atoms with Gasteiger partial charge < -0.3 is 18.9 Å². The lowest BCUT2D eigenvalue weighted by Gasteiger charge is -2.08. The Morgan fingerprint density at radius 1 is 1.23 bits per heavy atom. The smallest absolute Gasteiger partial charge is 0.266 e. The van der Waals surface area contributed by atoms with Gasteiger partial charge in [0, 0.05) is 11.1 Å². The first kappa shape index (κ1) is 17.9. The number of hydrogen-bond acceptors (Lipinski definition) is 6. The van der Waals surface area contributed by atoms with Crippen molar-refractivity contribution in [2.75, 3.05) is 5.32 Å². The molecule has 0 spiro atoms. The molecule has 1 N–H and O–H groups in total. The monoisotopic (exact) mass is 371 g/mol. The predicted molar refractivity (Wildman–Crippen MR) is 98.1 cm³/mol. The maximum absolute atomic E-state index is 9.23. The van der Waals surface area contributed by atoms with E-state index in [1.807, 2.05) is 19.9 Å². The average Bonchev–Trinajstić information content (AvgIpc) is 3.27. The van der Waals surface area contributed by atoms with Crippen molar-refractivity contribution in [3.63, 3.8) is 0 Å². The number of oxazole rings is 1. The van der Waals surface area contributed by atoms with Crippen LogP contribution < -0.4 is 10.1 Å². The summed E-state index contributed by atoms with van der Waals surface area (Å²) in [5.41, 5.74) is 0.204. The van der Waals surface area contributed by atoms with Crippen molar-refractivity contribution in [3.8, 4) is 23.5 Å². The largest absolute Gasteiger partial charge is 0.486 e. The van der Waals surface area contributed by atoms with Crippen molar-refractivity contribution >= 4 is 17.5 Å². The van der Waals surface area contributed by atoms with Crippen molar-refractivity contribution in [1.29, 1.82) is 5.26 Å². The second-order valence-electron chi connectivity index (χ2n) is 5.77. The molecule has 3 aromatic rings. The van der Waals surface area contributed by atoms with Gasteiger partial charge in [-0.05, 0) is 49.7 Å². The Hall–Kier alpha value is -2.91. The maximum Gasteiger partial charge on any atom is 0.266 e. The fourth-order valence-electron chi connectivity index (χ4n) is 2.18. The van der Waals surface area contributed by atoms with Crippen LogP contribution in [0.1, 0.15) is 31.7 Å². The van der Waals surface area contributed by atoms with Gasteiger partial charge in [-0.3, -0.25) is 0 Å². The van der Waals surface area contributed by atoms with Crippen LogP contribution in [0.4, 0.5) is 5.88 Å². The molecule has 0 aliphatic carbocycles. The Kier molecular flexibility index (Phi) is 5.49. The molecular weight excluding hydrogens is 354 g/mol. The molecule has 1 aromatic carbocycles. The lowest BCUT2D eigenvalue weighted by molar-refractivity contribution is 0.271. The number of nitrogens with one attached hydrogen (secondary N) is 1. The first-order valence-electron chi connectivity index (χ1n) is 8.24. The second-order valence-corrected chi connectivity index (χ2v) is 6.21. The topological polar surface area (TPSA) is 84.2 Å². The third kappa shape index (κ3) is 4.19. The zero-order valence-corrected chi connectivity index (χ0v) is 15.2. The molecule has 0 amide bonds. The fraction of sp³-hybridized carbons (Fsp3) is 0.263. The maximum atomic E-state index is 9.23. The minimum absolute atomic E-state index is 0.169. The van der Waals surface area contributed by atoms with E-state index in [0.717, 1.165) is 6.42 Å². The van der Waals surface area contributed by atoms with Gasteiger partial charge in [-0.2, -0.15) is 10.2 Å². The van der Waals surface area contributed by atoms with Gasteiger partial charge in [-0.15, -0.1) is 0 Å². The Balaban J connectivity index is 1.71. The zero-order valence-electron chi connectivity index (χ0n) is 14.5. The number of nitrogens with zero attached hydrogens (tertiary/aromatic N) is 2. The molecule has 3 rings (SSSR count). The highest BCUT2D eigenvalue weighted by molar-refractivity contribution is 6.30. The van der Waals surface area contributed by atoms with E-state index in [1.165, 1.54) is 0 Å². The highest BCUT2D eigenvalue weighted by Gasteiger charge is 2.18. The number of benzene rings is 1. The zero-order chi connectivity index (χ0) is 18.5. The minimum atomic E-state index is 0.169. The van der Waals surface area contributed by atoms with Gasteiger partial charge in [0.1, 0.15) is 24.2 Å². The standard InChI is InChI=1S/C19H18ClN3O3/c1-3-12(2)22-18-16(10-21)23-19(26-18)17-9-8-15(25-17)11-24-14-6-4-13(20)5-7-14/h4-9,12,22H,3,11H2,1-2H3/t12-/m1/s1. The number of nitriles is 1. The molecule has 1 atom stereocenters. The Morgan fingerprint density at radius 2 is 2.00 bits per heavy atom. The number of aromatic nitrogens is 1. The van der Waals surface area contributed by atoms with Gasteiger partial charge >= 0.3 is 0 Å². The first-order valence-corrected chi connectivity index (χ1v) is 8.61. The van der Waals surface area contributed by atoms with E-state index in [1.54, 1.807) is 36.4 Å². The van der Waals surface area contributed by atoms with E-state index in [0.29, 0.717) is 28.2 Å². The number of halogens is 1. The molecule has 7 heteroatoms. The van der Waals surface area contributed by atoms with Gasteiger partial charge in [0.25, 0.3) is 5.89 Å². The van der Waals surface area contributed by atoms with Crippen LogP contribution in [0.25, 0.3) is 11.7 Å².